The van der Waals surface area contributed by atoms with Crippen LogP contribution in [0, 0.1) is 0 Å². The number of piperidine rings is 1. The Morgan fingerprint density at radius 3 is 2.60 bits per heavy atom. The molecule has 9 nitrogen and oxygen atoms in total. The molecule has 2 fully saturated rings. The number of carbonyl (C=O) groups is 1. The van der Waals surface area contributed by atoms with Gasteiger partial charge in [0.25, 0.3) is 11.5 Å². The molecule has 9 heteroatoms. The number of aromatic amines is 1. The van der Waals surface area contributed by atoms with Crippen LogP contribution in [0.5, 0.6) is 5.75 Å². The van der Waals surface area contributed by atoms with Crippen molar-refractivity contribution in [1.82, 2.24) is 19.9 Å². The number of morpholine rings is 1. The number of carbonyl (C=O) groups excluding carboxylic acids is 1. The van der Waals surface area contributed by atoms with E-state index in [1.807, 2.05) is 0 Å². The Bertz CT molecular complexity index is 1010. The standard InChI is InChI=1S/C21H25N5O4/c27-14-1-2-16(22-13-14)19(29)25-7-5-21(6-8-25)4-3-15-17(21)23-20(24-18(15)28)26-9-11-30-12-10-26/h1-2,13,27H,3-12H2,(H,23,24,28). The van der Waals surface area contributed by atoms with E-state index in [1.165, 1.54) is 12.3 Å². The van der Waals surface area contributed by atoms with Crippen molar-refractivity contribution in [3.63, 3.8) is 0 Å². The van der Waals surface area contributed by atoms with Gasteiger partial charge < -0.3 is 19.6 Å². The van der Waals surface area contributed by atoms with E-state index in [1.54, 1.807) is 11.0 Å². The smallest absolute Gasteiger partial charge is 0.272 e. The fourth-order valence-electron chi connectivity index (χ4n) is 4.86. The van der Waals surface area contributed by atoms with Crippen LogP contribution in [0.2, 0.25) is 0 Å². The van der Waals surface area contributed by atoms with E-state index in [2.05, 4.69) is 14.9 Å². The molecule has 2 aromatic heterocycles. The van der Waals surface area contributed by atoms with Crippen LogP contribution in [0.1, 0.15) is 41.0 Å². The molecule has 0 radical (unpaired) electrons. The van der Waals surface area contributed by atoms with Crippen LogP contribution >= 0.6 is 0 Å². The maximum absolute atomic E-state index is 12.8. The summed E-state index contributed by atoms with van der Waals surface area (Å²) in [5.41, 5.74) is 1.86. The fourth-order valence-corrected chi connectivity index (χ4v) is 4.86. The highest BCUT2D eigenvalue weighted by Gasteiger charge is 2.45. The highest BCUT2D eigenvalue weighted by Crippen LogP contribution is 2.44. The normalized spacial score (nSPS) is 20.4. The van der Waals surface area contributed by atoms with Gasteiger partial charge in [-0.1, -0.05) is 0 Å². The molecule has 158 valence electrons. The lowest BCUT2D eigenvalue weighted by atomic mass is 9.76. The van der Waals surface area contributed by atoms with Crippen LogP contribution in [0.15, 0.2) is 23.1 Å². The summed E-state index contributed by atoms with van der Waals surface area (Å²) < 4.78 is 5.41. The van der Waals surface area contributed by atoms with Gasteiger partial charge in [-0.2, -0.15) is 0 Å². The Morgan fingerprint density at radius 2 is 1.90 bits per heavy atom. The minimum absolute atomic E-state index is 0.0369. The fraction of sp³-hybridized carbons (Fsp3) is 0.524. The zero-order chi connectivity index (χ0) is 20.7. The number of hydrogen-bond acceptors (Lipinski definition) is 7. The summed E-state index contributed by atoms with van der Waals surface area (Å²) in [6, 6.07) is 3.02. The predicted molar refractivity (Wildman–Crippen MR) is 109 cm³/mol. The van der Waals surface area contributed by atoms with Crippen molar-refractivity contribution in [3.05, 3.63) is 45.6 Å². The van der Waals surface area contributed by atoms with Gasteiger partial charge in [0.2, 0.25) is 5.95 Å². The van der Waals surface area contributed by atoms with Crippen molar-refractivity contribution in [1.29, 1.82) is 0 Å². The van der Waals surface area contributed by atoms with Gasteiger partial charge in [-0.3, -0.25) is 14.6 Å². The van der Waals surface area contributed by atoms with E-state index in [4.69, 9.17) is 9.72 Å². The van der Waals surface area contributed by atoms with Gasteiger partial charge in [-0.05, 0) is 37.8 Å². The highest BCUT2D eigenvalue weighted by molar-refractivity contribution is 5.92. The van der Waals surface area contributed by atoms with E-state index in [0.717, 1.165) is 50.0 Å². The van der Waals surface area contributed by atoms with Gasteiger partial charge >= 0.3 is 0 Å². The van der Waals surface area contributed by atoms with Crippen molar-refractivity contribution in [2.24, 2.45) is 0 Å². The molecule has 0 aromatic carbocycles. The molecule has 1 amide bonds. The van der Waals surface area contributed by atoms with Crippen LogP contribution < -0.4 is 10.5 Å². The van der Waals surface area contributed by atoms with Crippen LogP contribution in [-0.4, -0.2) is 70.3 Å². The van der Waals surface area contributed by atoms with E-state index in [9.17, 15) is 14.7 Å². The molecule has 2 saturated heterocycles. The maximum Gasteiger partial charge on any atom is 0.272 e. The number of nitrogens with zero attached hydrogens (tertiary/aromatic N) is 4. The number of amides is 1. The average Bonchev–Trinajstić information content (AvgIpc) is 3.13. The molecular formula is C21H25N5O4. The number of ether oxygens (including phenoxy) is 1. The Morgan fingerprint density at radius 1 is 1.13 bits per heavy atom. The quantitative estimate of drug-likeness (QED) is 0.753. The molecule has 2 aromatic rings. The molecule has 0 bridgehead atoms. The molecule has 0 atom stereocenters. The molecule has 0 saturated carbocycles. The summed E-state index contributed by atoms with van der Waals surface area (Å²) in [5, 5.41) is 9.39. The summed E-state index contributed by atoms with van der Waals surface area (Å²) in [7, 11) is 0. The minimum Gasteiger partial charge on any atom is -0.506 e. The summed E-state index contributed by atoms with van der Waals surface area (Å²) in [6.07, 6.45) is 4.47. The van der Waals surface area contributed by atoms with Gasteiger partial charge in [-0.25, -0.2) is 9.97 Å². The minimum atomic E-state index is -0.149. The van der Waals surface area contributed by atoms with Crippen molar-refractivity contribution in [2.45, 2.75) is 31.1 Å². The SMILES string of the molecule is O=C(c1ccc(O)cn1)N1CCC2(CCc3c2nc(N2CCOCC2)[nH]c3=O)CC1. The molecule has 5 rings (SSSR count). The molecule has 2 N–H and O–H groups in total. The van der Waals surface area contributed by atoms with Gasteiger partial charge in [0.05, 0.1) is 25.1 Å². The van der Waals surface area contributed by atoms with Gasteiger partial charge in [0, 0.05) is 37.2 Å². The molecule has 30 heavy (non-hydrogen) atoms. The lowest BCUT2D eigenvalue weighted by molar-refractivity contribution is 0.0657. The molecule has 0 unspecified atom stereocenters. The Hall–Kier alpha value is -2.94. The van der Waals surface area contributed by atoms with E-state index in [0.29, 0.717) is 37.9 Å². The first kappa shape index (κ1) is 19.0. The van der Waals surface area contributed by atoms with Crippen LogP contribution in [-0.2, 0) is 16.6 Å². The summed E-state index contributed by atoms with van der Waals surface area (Å²) >= 11 is 0. The maximum atomic E-state index is 12.8. The Balaban J connectivity index is 1.37. The number of aromatic hydroxyl groups is 1. The first-order valence-corrected chi connectivity index (χ1v) is 10.5. The van der Waals surface area contributed by atoms with Crippen LogP contribution in [0.25, 0.3) is 0 Å². The number of pyridine rings is 1. The Kier molecular flexibility index (Phi) is 4.69. The number of nitrogens with one attached hydrogen (secondary N) is 1. The zero-order valence-corrected chi connectivity index (χ0v) is 16.8. The zero-order valence-electron chi connectivity index (χ0n) is 16.8. The molecule has 4 heterocycles. The number of rotatable bonds is 2. The number of hydrogen-bond donors (Lipinski definition) is 2. The number of fused-ring (bicyclic) bond motifs is 2. The molecule has 1 spiro atoms. The van der Waals surface area contributed by atoms with Crippen molar-refractivity contribution in [2.75, 3.05) is 44.3 Å². The van der Waals surface area contributed by atoms with Crippen molar-refractivity contribution in [3.8, 4) is 5.75 Å². The number of likely N-dealkylation sites (tertiary alicyclic amines) is 1. The lowest BCUT2D eigenvalue weighted by Gasteiger charge is -2.39. The first-order valence-electron chi connectivity index (χ1n) is 10.5. The highest BCUT2D eigenvalue weighted by atomic mass is 16.5. The van der Waals surface area contributed by atoms with Gasteiger partial charge in [0.1, 0.15) is 11.4 Å². The second-order valence-corrected chi connectivity index (χ2v) is 8.29. The third-order valence-corrected chi connectivity index (χ3v) is 6.64. The monoisotopic (exact) mass is 411 g/mol. The average molecular weight is 411 g/mol. The van der Waals surface area contributed by atoms with Gasteiger partial charge in [-0.15, -0.1) is 0 Å². The van der Waals surface area contributed by atoms with Crippen molar-refractivity contribution < 1.29 is 14.6 Å². The van der Waals surface area contributed by atoms with E-state index < -0.39 is 0 Å². The second-order valence-electron chi connectivity index (χ2n) is 8.29. The summed E-state index contributed by atoms with van der Waals surface area (Å²) in [6.45, 7) is 3.90. The molecule has 2 aliphatic heterocycles. The first-order chi connectivity index (χ1) is 14.6. The van der Waals surface area contributed by atoms with Crippen LogP contribution in [0.4, 0.5) is 5.95 Å². The molecule has 3 aliphatic rings. The van der Waals surface area contributed by atoms with Crippen molar-refractivity contribution >= 4 is 11.9 Å². The third-order valence-electron chi connectivity index (χ3n) is 6.64. The second kappa shape index (κ2) is 7.39. The Labute approximate surface area is 173 Å². The van der Waals surface area contributed by atoms with E-state index in [-0.39, 0.29) is 22.6 Å². The van der Waals surface area contributed by atoms with E-state index >= 15 is 0 Å². The largest absolute Gasteiger partial charge is 0.506 e. The number of anilines is 1. The van der Waals surface area contributed by atoms with Crippen LogP contribution in [0.3, 0.4) is 0 Å². The molecule has 1 aliphatic carbocycles. The van der Waals surface area contributed by atoms with Gasteiger partial charge in [0.15, 0.2) is 0 Å². The number of H-pyrrole nitrogens is 1. The lowest BCUT2D eigenvalue weighted by Crippen LogP contribution is -2.45. The molecular weight excluding hydrogens is 386 g/mol. The summed E-state index contributed by atoms with van der Waals surface area (Å²) in [5.74, 6) is 0.546. The topological polar surface area (TPSA) is 112 Å². The summed E-state index contributed by atoms with van der Waals surface area (Å²) in [4.78, 5) is 41.3. The predicted octanol–water partition coefficient (Wildman–Crippen LogP) is 0.827. The third kappa shape index (κ3) is 3.23. The number of aromatic nitrogens is 3.